The van der Waals surface area contributed by atoms with Gasteiger partial charge in [0.1, 0.15) is 11.1 Å². The first-order valence-corrected chi connectivity index (χ1v) is 9.17. The Balaban J connectivity index is 2.27. The van der Waals surface area contributed by atoms with E-state index < -0.39 is 15.1 Å². The van der Waals surface area contributed by atoms with Crippen LogP contribution < -0.4 is 5.32 Å². The lowest BCUT2D eigenvalue weighted by atomic mass is 9.92. The lowest BCUT2D eigenvalue weighted by molar-refractivity contribution is 0.452. The van der Waals surface area contributed by atoms with E-state index in [9.17, 15) is 8.42 Å². The predicted octanol–water partition coefficient (Wildman–Crippen LogP) is 1.96. The van der Waals surface area contributed by atoms with Crippen LogP contribution in [0.2, 0.25) is 0 Å². The topological polar surface area (TPSA) is 72.0 Å². The van der Waals surface area contributed by atoms with Gasteiger partial charge < -0.3 is 5.32 Å². The highest BCUT2D eigenvalue weighted by Crippen LogP contribution is 2.29. The van der Waals surface area contributed by atoms with E-state index in [0.717, 1.165) is 43.5 Å². The molecule has 1 heterocycles. The van der Waals surface area contributed by atoms with Crippen molar-refractivity contribution in [2.75, 3.05) is 12.8 Å². The fraction of sp³-hybridized carbons (Fsp3) is 0.714. The molecule has 5 nitrogen and oxygen atoms in total. The summed E-state index contributed by atoms with van der Waals surface area (Å²) in [7, 11) is -3.15. The molecule has 1 aliphatic rings. The molecule has 0 bridgehead atoms. The van der Waals surface area contributed by atoms with Crippen molar-refractivity contribution < 1.29 is 8.42 Å². The maximum Gasteiger partial charge on any atom is 0.157 e. The fourth-order valence-electron chi connectivity index (χ4n) is 2.48. The zero-order valence-electron chi connectivity index (χ0n) is 12.4. The summed E-state index contributed by atoms with van der Waals surface area (Å²) in [6, 6.07) is 0.307. The monoisotopic (exact) mass is 297 g/mol. The van der Waals surface area contributed by atoms with Gasteiger partial charge in [0.25, 0.3) is 0 Å². The standard InChI is InChI=1S/C14H23N3O2S/c1-4-8-15-12-6-5-7-13-11(12)9-16-14(17-13)10(2)20(3,18)19/h9-10,12,15H,4-8H2,1-3H3. The van der Waals surface area contributed by atoms with E-state index >= 15 is 0 Å². The summed E-state index contributed by atoms with van der Waals surface area (Å²) in [6.45, 7) is 4.77. The molecule has 20 heavy (non-hydrogen) atoms. The van der Waals surface area contributed by atoms with Crippen molar-refractivity contribution in [1.82, 2.24) is 15.3 Å². The van der Waals surface area contributed by atoms with E-state index in [1.165, 1.54) is 6.26 Å². The van der Waals surface area contributed by atoms with E-state index in [1.807, 2.05) is 6.20 Å². The lowest BCUT2D eigenvalue weighted by Gasteiger charge is -2.26. The fourth-order valence-corrected chi connectivity index (χ4v) is 2.98. The first-order chi connectivity index (χ1) is 9.43. The summed E-state index contributed by atoms with van der Waals surface area (Å²) < 4.78 is 23.2. The third-order valence-electron chi connectivity index (χ3n) is 3.85. The summed E-state index contributed by atoms with van der Waals surface area (Å²) in [4.78, 5) is 8.79. The molecule has 0 spiro atoms. The Morgan fingerprint density at radius 2 is 2.25 bits per heavy atom. The van der Waals surface area contributed by atoms with Gasteiger partial charge in [0, 0.05) is 29.8 Å². The van der Waals surface area contributed by atoms with E-state index in [4.69, 9.17) is 0 Å². The zero-order valence-corrected chi connectivity index (χ0v) is 13.2. The van der Waals surface area contributed by atoms with Crippen LogP contribution >= 0.6 is 0 Å². The molecule has 0 saturated carbocycles. The van der Waals surface area contributed by atoms with Crippen LogP contribution in [0.4, 0.5) is 0 Å². The van der Waals surface area contributed by atoms with Crippen LogP contribution in [0.1, 0.15) is 61.5 Å². The zero-order chi connectivity index (χ0) is 14.8. The number of aryl methyl sites for hydroxylation is 1. The van der Waals surface area contributed by atoms with E-state index in [1.54, 1.807) is 6.92 Å². The number of sulfone groups is 1. The van der Waals surface area contributed by atoms with Crippen LogP contribution in [0.5, 0.6) is 0 Å². The van der Waals surface area contributed by atoms with Crippen molar-refractivity contribution in [2.24, 2.45) is 0 Å². The molecule has 2 unspecified atom stereocenters. The van der Waals surface area contributed by atoms with Crippen molar-refractivity contribution in [2.45, 2.75) is 50.8 Å². The average molecular weight is 297 g/mol. The predicted molar refractivity (Wildman–Crippen MR) is 79.3 cm³/mol. The van der Waals surface area contributed by atoms with Gasteiger partial charge in [-0.1, -0.05) is 6.92 Å². The first-order valence-electron chi connectivity index (χ1n) is 7.21. The molecule has 0 saturated heterocycles. The molecule has 0 aromatic carbocycles. The summed E-state index contributed by atoms with van der Waals surface area (Å²) in [6.07, 6.45) is 7.22. The second kappa shape index (κ2) is 6.18. The van der Waals surface area contributed by atoms with Crippen LogP contribution in [-0.2, 0) is 16.3 Å². The number of fused-ring (bicyclic) bond motifs is 1. The molecule has 0 fully saturated rings. The van der Waals surface area contributed by atoms with Gasteiger partial charge in [-0.3, -0.25) is 0 Å². The van der Waals surface area contributed by atoms with Crippen LogP contribution in [0.3, 0.4) is 0 Å². The number of rotatable bonds is 5. The summed E-state index contributed by atoms with van der Waals surface area (Å²) in [5.41, 5.74) is 2.14. The third kappa shape index (κ3) is 3.35. The molecule has 0 radical (unpaired) electrons. The quantitative estimate of drug-likeness (QED) is 0.899. The smallest absolute Gasteiger partial charge is 0.157 e. The number of aromatic nitrogens is 2. The molecule has 0 amide bonds. The molecule has 1 N–H and O–H groups in total. The van der Waals surface area contributed by atoms with Gasteiger partial charge in [-0.05, 0) is 39.2 Å². The van der Waals surface area contributed by atoms with Gasteiger partial charge in [0.2, 0.25) is 0 Å². The maximum absolute atomic E-state index is 11.6. The molecular weight excluding hydrogens is 274 g/mol. The summed E-state index contributed by atoms with van der Waals surface area (Å²) >= 11 is 0. The van der Waals surface area contributed by atoms with Gasteiger partial charge in [0.05, 0.1) is 0 Å². The minimum atomic E-state index is -3.15. The molecule has 2 rings (SSSR count). The second-order valence-electron chi connectivity index (χ2n) is 5.50. The van der Waals surface area contributed by atoms with Gasteiger partial charge in [0.15, 0.2) is 9.84 Å². The Morgan fingerprint density at radius 3 is 2.90 bits per heavy atom. The average Bonchev–Trinajstić information content (AvgIpc) is 2.42. The lowest BCUT2D eigenvalue weighted by Crippen LogP contribution is -2.27. The van der Waals surface area contributed by atoms with Gasteiger partial charge >= 0.3 is 0 Å². The van der Waals surface area contributed by atoms with Crippen LogP contribution in [0.25, 0.3) is 0 Å². The van der Waals surface area contributed by atoms with Crippen LogP contribution in [0.15, 0.2) is 6.20 Å². The maximum atomic E-state index is 11.6. The van der Waals surface area contributed by atoms with Gasteiger partial charge in [-0.25, -0.2) is 18.4 Å². The number of nitrogens with one attached hydrogen (secondary N) is 1. The number of hydrogen-bond acceptors (Lipinski definition) is 5. The molecule has 112 valence electrons. The molecule has 1 aliphatic carbocycles. The third-order valence-corrected chi connectivity index (χ3v) is 5.34. The van der Waals surface area contributed by atoms with Crippen molar-refractivity contribution >= 4 is 9.84 Å². The van der Waals surface area contributed by atoms with Crippen LogP contribution in [0, 0.1) is 0 Å². The SMILES string of the molecule is CCCNC1CCCc2nc(C(C)S(C)(=O)=O)ncc21. The Hall–Kier alpha value is -1.01. The number of nitrogens with zero attached hydrogens (tertiary/aromatic N) is 2. The Bertz CT molecular complexity index is 572. The van der Waals surface area contributed by atoms with Crippen LogP contribution in [-0.4, -0.2) is 31.2 Å². The van der Waals surface area contributed by atoms with E-state index in [-0.39, 0.29) is 0 Å². The molecule has 2 atom stereocenters. The normalized spacial score (nSPS) is 20.4. The van der Waals surface area contributed by atoms with Crippen molar-refractivity contribution in [1.29, 1.82) is 0 Å². The van der Waals surface area contributed by atoms with E-state index in [0.29, 0.717) is 11.9 Å². The summed E-state index contributed by atoms with van der Waals surface area (Å²) in [5, 5.41) is 2.87. The Labute approximate surface area is 121 Å². The Kier molecular flexibility index (Phi) is 4.75. The second-order valence-corrected chi connectivity index (χ2v) is 7.87. The van der Waals surface area contributed by atoms with Crippen molar-refractivity contribution in [3.8, 4) is 0 Å². The minimum absolute atomic E-state index is 0.307. The molecule has 0 aliphatic heterocycles. The van der Waals surface area contributed by atoms with Gasteiger partial charge in [-0.2, -0.15) is 0 Å². The molecule has 6 heteroatoms. The molecule has 1 aromatic rings. The Morgan fingerprint density at radius 1 is 1.50 bits per heavy atom. The largest absolute Gasteiger partial charge is 0.310 e. The molecular formula is C14H23N3O2S. The molecule has 1 aromatic heterocycles. The highest BCUT2D eigenvalue weighted by molar-refractivity contribution is 7.90. The number of hydrogen-bond donors (Lipinski definition) is 1. The minimum Gasteiger partial charge on any atom is -0.310 e. The highest BCUT2D eigenvalue weighted by atomic mass is 32.2. The highest BCUT2D eigenvalue weighted by Gasteiger charge is 2.25. The van der Waals surface area contributed by atoms with Crippen molar-refractivity contribution in [3.05, 3.63) is 23.3 Å². The van der Waals surface area contributed by atoms with Gasteiger partial charge in [-0.15, -0.1) is 0 Å². The van der Waals surface area contributed by atoms with E-state index in [2.05, 4.69) is 22.2 Å². The first kappa shape index (κ1) is 15.4. The van der Waals surface area contributed by atoms with Crippen molar-refractivity contribution in [3.63, 3.8) is 0 Å². The summed E-state index contributed by atoms with van der Waals surface area (Å²) in [5.74, 6) is 0.419.